The average Bonchev–Trinajstić information content (AvgIpc) is 2.11. The van der Waals surface area contributed by atoms with Crippen LogP contribution in [0.15, 0.2) is 10.8 Å². The second-order valence-corrected chi connectivity index (χ2v) is 3.42. The highest BCUT2D eigenvalue weighted by atomic mass is 79.9. The number of carbonyl (C=O) groups is 1. The molecule has 0 unspecified atom stereocenters. The fraction of sp³-hybridized carbons (Fsp3) is 0.250. The monoisotopic (exact) mass is 283 g/mol. The minimum absolute atomic E-state index is 0.0770. The molecule has 0 radical (unpaired) electrons. The minimum Gasteiger partial charge on any atom is -0.481 e. The predicted molar refractivity (Wildman–Crippen MR) is 48.2 cm³/mol. The Labute approximate surface area is 91.1 Å². The lowest BCUT2D eigenvalue weighted by atomic mass is 10.1. The van der Waals surface area contributed by atoms with Crippen molar-refractivity contribution in [1.29, 1.82) is 0 Å². The van der Waals surface area contributed by atoms with E-state index in [1.807, 2.05) is 0 Å². The van der Waals surface area contributed by atoms with Crippen LogP contribution in [0.25, 0.3) is 0 Å². The molecule has 1 heterocycles. The van der Waals surface area contributed by atoms with E-state index in [1.54, 1.807) is 0 Å². The highest BCUT2D eigenvalue weighted by molar-refractivity contribution is 9.10. The van der Waals surface area contributed by atoms with Crippen LogP contribution >= 0.6 is 15.9 Å². The van der Waals surface area contributed by atoms with Gasteiger partial charge in [-0.05, 0) is 15.9 Å². The van der Waals surface area contributed by atoms with E-state index in [2.05, 4.69) is 20.9 Å². The Kier molecular flexibility index (Phi) is 3.67. The number of carboxylic acids is 1. The van der Waals surface area contributed by atoms with Crippen LogP contribution in [0.5, 0.6) is 0 Å². The van der Waals surface area contributed by atoms with Crippen molar-refractivity contribution in [2.45, 2.75) is 12.8 Å². The molecule has 1 N–H and O–H groups in total. The molecule has 0 fully saturated rings. The van der Waals surface area contributed by atoms with Crippen LogP contribution in [-0.4, -0.2) is 16.1 Å². The first-order chi connectivity index (χ1) is 6.93. The lowest BCUT2D eigenvalue weighted by Gasteiger charge is -2.07. The van der Waals surface area contributed by atoms with Crippen LogP contribution in [0.2, 0.25) is 0 Å². The fourth-order valence-electron chi connectivity index (χ4n) is 0.979. The molecule has 0 saturated heterocycles. The van der Waals surface area contributed by atoms with Gasteiger partial charge in [0.05, 0.1) is 12.0 Å². The molecule has 0 amide bonds. The number of hydrogen-bond donors (Lipinski definition) is 1. The zero-order chi connectivity index (χ0) is 11.6. The van der Waals surface area contributed by atoms with Gasteiger partial charge in [0.1, 0.15) is 10.4 Å². The number of pyridine rings is 1. The third-order valence-electron chi connectivity index (χ3n) is 1.65. The van der Waals surface area contributed by atoms with E-state index in [0.29, 0.717) is 6.20 Å². The van der Waals surface area contributed by atoms with Crippen LogP contribution in [0, 0.1) is 5.82 Å². The zero-order valence-corrected chi connectivity index (χ0v) is 8.76. The second kappa shape index (κ2) is 4.61. The molecule has 1 aromatic rings. The first kappa shape index (κ1) is 12.0. The molecule has 7 heteroatoms. The van der Waals surface area contributed by atoms with Crippen molar-refractivity contribution in [2.75, 3.05) is 0 Å². The summed E-state index contributed by atoms with van der Waals surface area (Å²) in [5, 5.41) is 8.44. The van der Waals surface area contributed by atoms with E-state index >= 15 is 0 Å². The molecule has 0 bridgehead atoms. The molecule has 3 nitrogen and oxygen atoms in total. The van der Waals surface area contributed by atoms with Gasteiger partial charge >= 0.3 is 5.97 Å². The Hall–Kier alpha value is -1.11. The molecule has 15 heavy (non-hydrogen) atoms. The topological polar surface area (TPSA) is 50.2 Å². The van der Waals surface area contributed by atoms with E-state index in [9.17, 15) is 18.0 Å². The maximum Gasteiger partial charge on any atom is 0.308 e. The summed E-state index contributed by atoms with van der Waals surface area (Å²) in [4.78, 5) is 13.8. The summed E-state index contributed by atoms with van der Waals surface area (Å²) in [6.45, 7) is 0. The van der Waals surface area contributed by atoms with E-state index in [4.69, 9.17) is 5.11 Å². The van der Waals surface area contributed by atoms with Gasteiger partial charge in [0.2, 0.25) is 0 Å². The van der Waals surface area contributed by atoms with Gasteiger partial charge in [-0.25, -0.2) is 18.2 Å². The third kappa shape index (κ3) is 2.68. The first-order valence-corrected chi connectivity index (χ1v) is 4.55. The number of aliphatic carboxylic acids is 1. The summed E-state index contributed by atoms with van der Waals surface area (Å²) in [6, 6.07) is 0. The van der Waals surface area contributed by atoms with Crippen LogP contribution < -0.4 is 0 Å². The zero-order valence-electron chi connectivity index (χ0n) is 7.18. The molecule has 1 rings (SSSR count). The average molecular weight is 284 g/mol. The Morgan fingerprint density at radius 2 is 2.20 bits per heavy atom. The molecular weight excluding hydrogens is 279 g/mol. The van der Waals surface area contributed by atoms with Crippen molar-refractivity contribution < 1.29 is 23.1 Å². The fourth-order valence-corrected chi connectivity index (χ4v) is 1.40. The molecule has 0 spiro atoms. The molecule has 0 atom stereocenters. The summed E-state index contributed by atoms with van der Waals surface area (Å²) >= 11 is 2.80. The third-order valence-corrected chi connectivity index (χ3v) is 2.33. The number of rotatable bonds is 3. The van der Waals surface area contributed by atoms with Crippen LogP contribution in [0.4, 0.5) is 13.2 Å². The molecule has 0 aliphatic carbocycles. The number of hydrogen-bond acceptors (Lipinski definition) is 2. The first-order valence-electron chi connectivity index (χ1n) is 3.76. The van der Waals surface area contributed by atoms with Crippen LogP contribution in [-0.2, 0) is 11.2 Å². The summed E-state index contributed by atoms with van der Waals surface area (Å²) in [6.07, 6.45) is -3.03. The van der Waals surface area contributed by atoms with Crippen LogP contribution in [0.3, 0.4) is 0 Å². The van der Waals surface area contributed by atoms with E-state index in [0.717, 1.165) is 0 Å². The van der Waals surface area contributed by atoms with Crippen molar-refractivity contribution in [3.05, 3.63) is 27.7 Å². The molecule has 0 aromatic carbocycles. The normalized spacial score (nSPS) is 10.7. The summed E-state index contributed by atoms with van der Waals surface area (Å²) in [5.74, 6) is -2.54. The lowest BCUT2D eigenvalue weighted by Crippen LogP contribution is -2.07. The molecular formula is C8H5BrF3NO2. The van der Waals surface area contributed by atoms with Gasteiger partial charge in [-0.3, -0.25) is 4.79 Å². The Morgan fingerprint density at radius 3 is 2.67 bits per heavy atom. The van der Waals surface area contributed by atoms with Gasteiger partial charge in [0, 0.05) is 11.8 Å². The van der Waals surface area contributed by atoms with Crippen molar-refractivity contribution in [3.63, 3.8) is 0 Å². The SMILES string of the molecule is O=C(O)Cc1c(Br)ncc(C(F)F)c1F. The number of carboxylic acid groups (broad SMARTS) is 1. The molecule has 0 aliphatic rings. The minimum atomic E-state index is -3.02. The van der Waals surface area contributed by atoms with Crippen molar-refractivity contribution in [2.24, 2.45) is 0 Å². The van der Waals surface area contributed by atoms with E-state index in [1.165, 1.54) is 0 Å². The second-order valence-electron chi connectivity index (χ2n) is 2.67. The van der Waals surface area contributed by atoms with E-state index < -0.39 is 30.2 Å². The van der Waals surface area contributed by atoms with Gasteiger partial charge in [-0.2, -0.15) is 0 Å². The van der Waals surface area contributed by atoms with Crippen molar-refractivity contribution in [3.8, 4) is 0 Å². The van der Waals surface area contributed by atoms with Gasteiger partial charge in [-0.1, -0.05) is 0 Å². The number of alkyl halides is 2. The summed E-state index contributed by atoms with van der Waals surface area (Å²) < 4.78 is 37.7. The van der Waals surface area contributed by atoms with Gasteiger partial charge < -0.3 is 5.11 Å². The Bertz CT molecular complexity index is 398. The quantitative estimate of drug-likeness (QED) is 0.868. The van der Waals surface area contributed by atoms with Crippen LogP contribution in [0.1, 0.15) is 17.6 Å². The van der Waals surface area contributed by atoms with Crippen molar-refractivity contribution >= 4 is 21.9 Å². The number of halogens is 4. The van der Waals surface area contributed by atoms with Gasteiger partial charge in [0.25, 0.3) is 6.43 Å². The van der Waals surface area contributed by atoms with Gasteiger partial charge in [0.15, 0.2) is 0 Å². The lowest BCUT2D eigenvalue weighted by molar-refractivity contribution is -0.136. The number of nitrogens with zero attached hydrogens (tertiary/aromatic N) is 1. The molecule has 1 aromatic heterocycles. The maximum atomic E-state index is 13.3. The maximum absolute atomic E-state index is 13.3. The van der Waals surface area contributed by atoms with E-state index in [-0.39, 0.29) is 10.2 Å². The summed E-state index contributed by atoms with van der Waals surface area (Å²) in [5.41, 5.74) is -1.27. The molecule has 0 aliphatic heterocycles. The largest absolute Gasteiger partial charge is 0.481 e. The standard InChI is InChI=1S/C8H5BrF3NO2/c9-7-3(1-5(14)15)6(10)4(2-13-7)8(11)12/h2,8H,1H2,(H,14,15). The summed E-state index contributed by atoms with van der Waals surface area (Å²) in [7, 11) is 0. The Balaban J connectivity index is 3.23. The van der Waals surface area contributed by atoms with Gasteiger partial charge in [-0.15, -0.1) is 0 Å². The Morgan fingerprint density at radius 1 is 1.60 bits per heavy atom. The highest BCUT2D eigenvalue weighted by Crippen LogP contribution is 2.27. The molecule has 82 valence electrons. The predicted octanol–water partition coefficient (Wildman–Crippen LogP) is 2.55. The number of aromatic nitrogens is 1. The molecule has 0 saturated carbocycles. The smallest absolute Gasteiger partial charge is 0.308 e. The highest BCUT2D eigenvalue weighted by Gasteiger charge is 2.21. The van der Waals surface area contributed by atoms with Crippen molar-refractivity contribution in [1.82, 2.24) is 4.98 Å².